The van der Waals surface area contributed by atoms with Crippen LogP contribution in [-0.4, -0.2) is 26.4 Å². The molecule has 3 rings (SSSR count). The summed E-state index contributed by atoms with van der Waals surface area (Å²) in [6.07, 6.45) is 0. The third kappa shape index (κ3) is 4.45. The minimum Gasteiger partial charge on any atom is -0.325 e. The third-order valence-electron chi connectivity index (χ3n) is 3.86. The summed E-state index contributed by atoms with van der Waals surface area (Å²) >= 11 is 3.62. The molecule has 0 bridgehead atoms. The van der Waals surface area contributed by atoms with Crippen LogP contribution in [0.1, 0.15) is 12.5 Å². The maximum atomic E-state index is 12.2. The van der Waals surface area contributed by atoms with E-state index in [-0.39, 0.29) is 11.7 Å². The van der Waals surface area contributed by atoms with Crippen LogP contribution in [0.15, 0.2) is 53.7 Å². The molecule has 0 aliphatic rings. The summed E-state index contributed by atoms with van der Waals surface area (Å²) < 4.78 is 3.13. The molecule has 0 aliphatic heterocycles. The number of thioether (sulfide) groups is 1. The summed E-state index contributed by atoms with van der Waals surface area (Å²) in [6, 6.07) is 15.8. The topological polar surface area (TPSA) is 59.8 Å². The van der Waals surface area contributed by atoms with E-state index in [1.165, 1.54) is 11.8 Å². The van der Waals surface area contributed by atoms with E-state index in [2.05, 4.69) is 58.0 Å². The van der Waals surface area contributed by atoms with Crippen LogP contribution in [0.3, 0.4) is 0 Å². The van der Waals surface area contributed by atoms with E-state index in [0.29, 0.717) is 0 Å². The minimum atomic E-state index is -0.0555. The number of benzene rings is 2. The number of nitrogens with zero attached hydrogens (tertiary/aromatic N) is 3. The average molecular weight is 478 g/mol. The molecule has 0 saturated carbocycles. The summed E-state index contributed by atoms with van der Waals surface area (Å²) in [5.41, 5.74) is 3.03. The monoisotopic (exact) mass is 478 g/mol. The third-order valence-corrected chi connectivity index (χ3v) is 5.50. The molecule has 0 saturated heterocycles. The lowest BCUT2D eigenvalue weighted by Gasteiger charge is -2.09. The first-order chi connectivity index (χ1) is 12.6. The molecule has 26 heavy (non-hydrogen) atoms. The molecule has 7 heteroatoms. The summed E-state index contributed by atoms with van der Waals surface area (Å²) in [5.74, 6) is 1.07. The zero-order valence-corrected chi connectivity index (χ0v) is 17.5. The standard InChI is InChI=1S/C19H19IN4OS/c1-3-24-18(16-10-5-4-7-13(16)2)22-23-19(24)26-12-17(25)21-15-9-6-8-14(20)11-15/h4-11H,3,12H2,1-2H3,(H,21,25). The van der Waals surface area contributed by atoms with Gasteiger partial charge in [-0.2, -0.15) is 0 Å². The van der Waals surface area contributed by atoms with Gasteiger partial charge in [-0.25, -0.2) is 0 Å². The lowest BCUT2D eigenvalue weighted by Crippen LogP contribution is -2.14. The van der Waals surface area contributed by atoms with Crippen LogP contribution in [0, 0.1) is 10.5 Å². The fourth-order valence-electron chi connectivity index (χ4n) is 2.60. The van der Waals surface area contributed by atoms with Crippen LogP contribution in [0.5, 0.6) is 0 Å². The second-order valence-electron chi connectivity index (χ2n) is 5.71. The van der Waals surface area contributed by atoms with Gasteiger partial charge < -0.3 is 9.88 Å². The number of amides is 1. The molecule has 0 spiro atoms. The van der Waals surface area contributed by atoms with Gasteiger partial charge in [0.25, 0.3) is 0 Å². The van der Waals surface area contributed by atoms with Crippen molar-refractivity contribution < 1.29 is 4.79 Å². The molecule has 1 amide bonds. The second kappa shape index (κ2) is 8.68. The number of anilines is 1. The molecule has 1 heterocycles. The van der Waals surface area contributed by atoms with Crippen molar-refractivity contribution in [3.8, 4) is 11.4 Å². The van der Waals surface area contributed by atoms with Crippen molar-refractivity contribution in [3.63, 3.8) is 0 Å². The van der Waals surface area contributed by atoms with Gasteiger partial charge in [0.15, 0.2) is 11.0 Å². The molecule has 134 valence electrons. The maximum Gasteiger partial charge on any atom is 0.234 e. The van der Waals surface area contributed by atoms with Gasteiger partial charge in [-0.15, -0.1) is 10.2 Å². The fraction of sp³-hybridized carbons (Fsp3) is 0.211. The fourth-order valence-corrected chi connectivity index (χ4v) is 3.94. The van der Waals surface area contributed by atoms with Crippen LogP contribution in [0.4, 0.5) is 5.69 Å². The Kier molecular flexibility index (Phi) is 6.31. The summed E-state index contributed by atoms with van der Waals surface area (Å²) in [5, 5.41) is 12.3. The molecular formula is C19H19IN4OS. The van der Waals surface area contributed by atoms with Crippen LogP contribution >= 0.6 is 34.4 Å². The van der Waals surface area contributed by atoms with Gasteiger partial charge in [-0.1, -0.05) is 42.1 Å². The normalized spacial score (nSPS) is 10.7. The van der Waals surface area contributed by atoms with Crippen LogP contribution in [-0.2, 0) is 11.3 Å². The summed E-state index contributed by atoms with van der Waals surface area (Å²) in [4.78, 5) is 12.2. The number of aryl methyl sites for hydroxylation is 1. The van der Waals surface area contributed by atoms with Gasteiger partial charge in [-0.05, 0) is 60.2 Å². The molecule has 3 aromatic rings. The second-order valence-corrected chi connectivity index (χ2v) is 7.90. The van der Waals surface area contributed by atoms with Gasteiger partial charge in [0.05, 0.1) is 5.75 Å². The predicted molar refractivity (Wildman–Crippen MR) is 114 cm³/mol. The van der Waals surface area contributed by atoms with Crippen molar-refractivity contribution in [3.05, 3.63) is 57.7 Å². The van der Waals surface area contributed by atoms with Crippen molar-refractivity contribution in [1.29, 1.82) is 0 Å². The molecule has 5 nitrogen and oxygen atoms in total. The Labute approximate surface area is 170 Å². The Morgan fingerprint density at radius 1 is 1.19 bits per heavy atom. The smallest absolute Gasteiger partial charge is 0.234 e. The van der Waals surface area contributed by atoms with E-state index in [9.17, 15) is 4.79 Å². The van der Waals surface area contributed by atoms with Gasteiger partial charge in [0.2, 0.25) is 5.91 Å². The molecule has 0 aliphatic carbocycles. The van der Waals surface area contributed by atoms with E-state index in [4.69, 9.17) is 0 Å². The number of carbonyl (C=O) groups excluding carboxylic acids is 1. The van der Waals surface area contributed by atoms with E-state index in [0.717, 1.165) is 37.9 Å². The van der Waals surface area contributed by atoms with Crippen molar-refractivity contribution in [2.75, 3.05) is 11.1 Å². The van der Waals surface area contributed by atoms with Crippen molar-refractivity contribution in [1.82, 2.24) is 14.8 Å². The zero-order chi connectivity index (χ0) is 18.5. The Morgan fingerprint density at radius 2 is 2.00 bits per heavy atom. The lowest BCUT2D eigenvalue weighted by molar-refractivity contribution is -0.113. The number of carbonyl (C=O) groups is 1. The number of rotatable bonds is 6. The van der Waals surface area contributed by atoms with E-state index >= 15 is 0 Å². The van der Waals surface area contributed by atoms with Crippen molar-refractivity contribution in [2.24, 2.45) is 0 Å². The maximum absolute atomic E-state index is 12.2. The van der Waals surface area contributed by atoms with Crippen LogP contribution in [0.25, 0.3) is 11.4 Å². The molecule has 0 radical (unpaired) electrons. The largest absolute Gasteiger partial charge is 0.325 e. The van der Waals surface area contributed by atoms with Crippen molar-refractivity contribution >= 4 is 45.9 Å². The van der Waals surface area contributed by atoms with Crippen LogP contribution < -0.4 is 5.32 Å². The van der Waals surface area contributed by atoms with Gasteiger partial charge in [0.1, 0.15) is 0 Å². The lowest BCUT2D eigenvalue weighted by atomic mass is 10.1. The first-order valence-electron chi connectivity index (χ1n) is 8.26. The SMILES string of the molecule is CCn1c(SCC(=O)Nc2cccc(I)c2)nnc1-c1ccccc1C. The zero-order valence-electron chi connectivity index (χ0n) is 14.6. The Balaban J connectivity index is 1.71. The summed E-state index contributed by atoms with van der Waals surface area (Å²) in [6.45, 7) is 4.87. The first-order valence-corrected chi connectivity index (χ1v) is 10.3. The van der Waals surface area contributed by atoms with Crippen molar-refractivity contribution in [2.45, 2.75) is 25.5 Å². The Bertz CT molecular complexity index is 925. The highest BCUT2D eigenvalue weighted by Gasteiger charge is 2.15. The van der Waals surface area contributed by atoms with Crippen LogP contribution in [0.2, 0.25) is 0 Å². The molecular weight excluding hydrogens is 459 g/mol. The Hall–Kier alpha value is -1.87. The molecule has 0 fully saturated rings. The minimum absolute atomic E-state index is 0.0555. The highest BCUT2D eigenvalue weighted by atomic mass is 127. The van der Waals surface area contributed by atoms with Gasteiger partial charge >= 0.3 is 0 Å². The number of aromatic nitrogens is 3. The number of nitrogens with one attached hydrogen (secondary N) is 1. The highest BCUT2D eigenvalue weighted by molar-refractivity contribution is 14.1. The Morgan fingerprint density at radius 3 is 2.73 bits per heavy atom. The quantitative estimate of drug-likeness (QED) is 0.416. The predicted octanol–water partition coefficient (Wildman–Crippen LogP) is 4.61. The number of halogens is 1. The van der Waals surface area contributed by atoms with E-state index in [1.54, 1.807) is 0 Å². The molecule has 0 unspecified atom stereocenters. The first kappa shape index (κ1) is 18.9. The van der Waals surface area contributed by atoms with Gasteiger partial charge in [0, 0.05) is 21.4 Å². The van der Waals surface area contributed by atoms with E-state index < -0.39 is 0 Å². The molecule has 2 aromatic carbocycles. The summed E-state index contributed by atoms with van der Waals surface area (Å²) in [7, 11) is 0. The number of hydrogen-bond donors (Lipinski definition) is 1. The molecule has 0 atom stereocenters. The highest BCUT2D eigenvalue weighted by Crippen LogP contribution is 2.26. The average Bonchev–Trinajstić information content (AvgIpc) is 3.03. The number of hydrogen-bond acceptors (Lipinski definition) is 4. The van der Waals surface area contributed by atoms with E-state index in [1.807, 2.05) is 47.0 Å². The molecule has 1 aromatic heterocycles. The van der Waals surface area contributed by atoms with Gasteiger partial charge in [-0.3, -0.25) is 4.79 Å². The molecule has 1 N–H and O–H groups in total.